The van der Waals surface area contributed by atoms with E-state index in [0.717, 1.165) is 18.9 Å². The summed E-state index contributed by atoms with van der Waals surface area (Å²) < 4.78 is 5.78. The summed E-state index contributed by atoms with van der Waals surface area (Å²) in [5, 5.41) is 4.07. The van der Waals surface area contributed by atoms with Crippen LogP contribution in [0.4, 0.5) is 16.3 Å². The van der Waals surface area contributed by atoms with Crippen molar-refractivity contribution in [2.24, 2.45) is 0 Å². The van der Waals surface area contributed by atoms with Gasteiger partial charge in [-0.25, -0.2) is 4.79 Å². The van der Waals surface area contributed by atoms with Gasteiger partial charge in [-0.2, -0.15) is 4.37 Å². The number of nitrogens with zero attached hydrogens (tertiary/aromatic N) is 3. The summed E-state index contributed by atoms with van der Waals surface area (Å²) in [5.41, 5.74) is 1.33. The molecule has 1 N–H and O–H groups in total. The standard InChI is InChI=1S/C20H20N4O2S/c1-14(25)15-6-8-16(9-7-15)21-20(26)24-12-10-23(11-13-24)19-17-4-2-3-5-18(17)27-22-19/h2-9H,10-13H2,1H3,(H,21,26). The number of nitrogens with one attached hydrogen (secondary N) is 1. The topological polar surface area (TPSA) is 65.5 Å². The van der Waals surface area contributed by atoms with Crippen molar-refractivity contribution in [1.82, 2.24) is 9.27 Å². The fourth-order valence-corrected chi connectivity index (χ4v) is 4.01. The molecule has 2 aromatic carbocycles. The van der Waals surface area contributed by atoms with E-state index < -0.39 is 0 Å². The molecular weight excluding hydrogens is 360 g/mol. The zero-order valence-corrected chi connectivity index (χ0v) is 15.8. The highest BCUT2D eigenvalue weighted by atomic mass is 32.1. The van der Waals surface area contributed by atoms with Crippen molar-refractivity contribution in [2.45, 2.75) is 6.92 Å². The van der Waals surface area contributed by atoms with Crippen molar-refractivity contribution >= 4 is 44.9 Å². The number of urea groups is 1. The van der Waals surface area contributed by atoms with Gasteiger partial charge in [-0.15, -0.1) is 0 Å². The zero-order valence-electron chi connectivity index (χ0n) is 15.0. The number of carbonyl (C=O) groups is 2. The molecule has 1 aliphatic rings. The van der Waals surface area contributed by atoms with Crippen LogP contribution in [0.1, 0.15) is 17.3 Å². The van der Waals surface area contributed by atoms with Gasteiger partial charge < -0.3 is 15.1 Å². The van der Waals surface area contributed by atoms with E-state index >= 15 is 0 Å². The zero-order chi connectivity index (χ0) is 18.8. The molecular formula is C20H20N4O2S. The molecule has 7 heteroatoms. The second kappa shape index (κ2) is 7.36. The first-order chi connectivity index (χ1) is 13.1. The highest BCUT2D eigenvalue weighted by molar-refractivity contribution is 7.13. The summed E-state index contributed by atoms with van der Waals surface area (Å²) in [7, 11) is 0. The van der Waals surface area contributed by atoms with Crippen LogP contribution >= 0.6 is 11.5 Å². The van der Waals surface area contributed by atoms with Crippen LogP contribution in [0.3, 0.4) is 0 Å². The predicted octanol–water partition coefficient (Wildman–Crippen LogP) is 3.85. The fourth-order valence-electron chi connectivity index (χ4n) is 3.21. The maximum atomic E-state index is 12.5. The van der Waals surface area contributed by atoms with Crippen LogP contribution in [0.5, 0.6) is 0 Å². The number of anilines is 2. The van der Waals surface area contributed by atoms with E-state index in [2.05, 4.69) is 26.7 Å². The number of benzene rings is 2. The van der Waals surface area contributed by atoms with E-state index in [-0.39, 0.29) is 11.8 Å². The van der Waals surface area contributed by atoms with Crippen LogP contribution in [-0.4, -0.2) is 47.3 Å². The van der Waals surface area contributed by atoms with E-state index in [9.17, 15) is 9.59 Å². The monoisotopic (exact) mass is 380 g/mol. The van der Waals surface area contributed by atoms with Gasteiger partial charge in [-0.1, -0.05) is 12.1 Å². The van der Waals surface area contributed by atoms with Crippen molar-refractivity contribution in [3.8, 4) is 0 Å². The van der Waals surface area contributed by atoms with Crippen molar-refractivity contribution in [1.29, 1.82) is 0 Å². The minimum atomic E-state index is -0.117. The molecule has 0 radical (unpaired) electrons. The third-order valence-electron chi connectivity index (χ3n) is 4.77. The van der Waals surface area contributed by atoms with Gasteiger partial charge in [0, 0.05) is 42.8 Å². The number of piperazine rings is 1. The lowest BCUT2D eigenvalue weighted by molar-refractivity contribution is 0.101. The van der Waals surface area contributed by atoms with Gasteiger partial charge in [0.05, 0.1) is 4.70 Å². The predicted molar refractivity (Wildman–Crippen MR) is 109 cm³/mol. The Hall–Kier alpha value is -2.93. The molecule has 1 saturated heterocycles. The van der Waals surface area contributed by atoms with Crippen molar-refractivity contribution < 1.29 is 9.59 Å². The summed E-state index contributed by atoms with van der Waals surface area (Å²) in [5.74, 6) is 1.02. The third-order valence-corrected chi connectivity index (χ3v) is 5.58. The molecule has 138 valence electrons. The first kappa shape index (κ1) is 17.5. The van der Waals surface area contributed by atoms with Crippen LogP contribution in [0.25, 0.3) is 10.1 Å². The Balaban J connectivity index is 1.37. The molecule has 0 saturated carbocycles. The summed E-state index contributed by atoms with van der Waals surface area (Å²) in [6.45, 7) is 4.32. The van der Waals surface area contributed by atoms with Gasteiger partial charge in [0.1, 0.15) is 5.82 Å². The second-order valence-electron chi connectivity index (χ2n) is 6.54. The molecule has 6 nitrogen and oxygen atoms in total. The molecule has 4 rings (SSSR count). The highest BCUT2D eigenvalue weighted by Crippen LogP contribution is 2.29. The van der Waals surface area contributed by atoms with Crippen molar-refractivity contribution in [2.75, 3.05) is 36.4 Å². The van der Waals surface area contributed by atoms with Crippen LogP contribution < -0.4 is 10.2 Å². The average Bonchev–Trinajstić information content (AvgIpc) is 3.12. The molecule has 1 aliphatic heterocycles. The van der Waals surface area contributed by atoms with E-state index in [1.165, 1.54) is 28.5 Å². The van der Waals surface area contributed by atoms with Gasteiger partial charge in [0.2, 0.25) is 0 Å². The maximum Gasteiger partial charge on any atom is 0.321 e. The van der Waals surface area contributed by atoms with Gasteiger partial charge in [-0.05, 0) is 54.9 Å². The molecule has 3 aromatic rings. The number of aromatic nitrogens is 1. The first-order valence-electron chi connectivity index (χ1n) is 8.88. The molecule has 0 atom stereocenters. The quantitative estimate of drug-likeness (QED) is 0.701. The molecule has 0 aliphatic carbocycles. The Kier molecular flexibility index (Phi) is 4.77. The highest BCUT2D eigenvalue weighted by Gasteiger charge is 2.23. The molecule has 2 amide bonds. The van der Waals surface area contributed by atoms with Crippen molar-refractivity contribution in [3.63, 3.8) is 0 Å². The van der Waals surface area contributed by atoms with Gasteiger partial charge >= 0.3 is 6.03 Å². The van der Waals surface area contributed by atoms with E-state index in [1.54, 1.807) is 24.3 Å². The maximum absolute atomic E-state index is 12.5. The molecule has 0 unspecified atom stereocenters. The van der Waals surface area contributed by atoms with Gasteiger partial charge in [-0.3, -0.25) is 4.79 Å². The summed E-state index contributed by atoms with van der Waals surface area (Å²) in [6, 6.07) is 15.1. The number of hydrogen-bond donors (Lipinski definition) is 1. The number of hydrogen-bond acceptors (Lipinski definition) is 5. The Morgan fingerprint density at radius 2 is 1.70 bits per heavy atom. The van der Waals surface area contributed by atoms with Crippen LogP contribution in [-0.2, 0) is 0 Å². The fraction of sp³-hybridized carbons (Fsp3) is 0.250. The van der Waals surface area contributed by atoms with Gasteiger partial charge in [0.25, 0.3) is 0 Å². The summed E-state index contributed by atoms with van der Waals surface area (Å²) >= 11 is 1.51. The average molecular weight is 380 g/mol. The van der Waals surface area contributed by atoms with Crippen LogP contribution in [0.15, 0.2) is 48.5 Å². The van der Waals surface area contributed by atoms with E-state index in [4.69, 9.17) is 0 Å². The van der Waals surface area contributed by atoms with Crippen LogP contribution in [0, 0.1) is 0 Å². The van der Waals surface area contributed by atoms with E-state index in [0.29, 0.717) is 24.3 Å². The lowest BCUT2D eigenvalue weighted by Crippen LogP contribution is -2.50. The number of amides is 2. The number of fused-ring (bicyclic) bond motifs is 1. The molecule has 0 spiro atoms. The molecule has 1 aromatic heterocycles. The lowest BCUT2D eigenvalue weighted by atomic mass is 10.1. The minimum Gasteiger partial charge on any atom is -0.352 e. The number of rotatable bonds is 3. The first-order valence-corrected chi connectivity index (χ1v) is 9.65. The molecule has 1 fully saturated rings. The van der Waals surface area contributed by atoms with Crippen molar-refractivity contribution in [3.05, 3.63) is 54.1 Å². The van der Waals surface area contributed by atoms with Crippen LogP contribution in [0.2, 0.25) is 0 Å². The Morgan fingerprint density at radius 3 is 2.41 bits per heavy atom. The smallest absolute Gasteiger partial charge is 0.321 e. The number of carbonyl (C=O) groups excluding carboxylic acids is 2. The van der Waals surface area contributed by atoms with Gasteiger partial charge in [0.15, 0.2) is 5.78 Å². The van der Waals surface area contributed by atoms with E-state index in [1.807, 2.05) is 17.0 Å². The molecule has 0 bridgehead atoms. The number of Topliss-reactive ketones (excluding diaryl/α,β-unsaturated/α-hetero) is 1. The molecule has 27 heavy (non-hydrogen) atoms. The largest absolute Gasteiger partial charge is 0.352 e. The Labute approximate surface area is 161 Å². The number of ketones is 1. The normalized spacial score (nSPS) is 14.4. The third kappa shape index (κ3) is 3.64. The molecule has 2 heterocycles. The second-order valence-corrected chi connectivity index (χ2v) is 7.35. The lowest BCUT2D eigenvalue weighted by Gasteiger charge is -2.35. The SMILES string of the molecule is CC(=O)c1ccc(NC(=O)N2CCN(c3nsc4ccccc34)CC2)cc1. The minimum absolute atomic E-state index is 0.0126. The summed E-state index contributed by atoms with van der Waals surface area (Å²) in [6.07, 6.45) is 0. The summed E-state index contributed by atoms with van der Waals surface area (Å²) in [4.78, 5) is 27.9. The Bertz CT molecular complexity index is 975. The Morgan fingerprint density at radius 1 is 1.00 bits per heavy atom.